The van der Waals surface area contributed by atoms with E-state index in [1.807, 2.05) is 13.8 Å². The molecule has 0 saturated carbocycles. The second-order valence-corrected chi connectivity index (χ2v) is 6.33. The number of hydrogen-bond acceptors (Lipinski definition) is 4. The molecule has 0 aliphatic carbocycles. The lowest BCUT2D eigenvalue weighted by molar-refractivity contribution is 0.601. The molecule has 0 aliphatic heterocycles. The summed E-state index contributed by atoms with van der Waals surface area (Å²) in [5.74, 6) is 0.711. The van der Waals surface area contributed by atoms with Gasteiger partial charge in [-0.25, -0.2) is 13.4 Å². The molecule has 2 aromatic rings. The van der Waals surface area contributed by atoms with Crippen LogP contribution in [0.25, 0.3) is 0 Å². The largest absolute Gasteiger partial charge is 0.368 e. The zero-order chi connectivity index (χ0) is 14.6. The van der Waals surface area contributed by atoms with Gasteiger partial charge in [0, 0.05) is 6.04 Å². The first-order valence-corrected chi connectivity index (χ1v) is 7.76. The van der Waals surface area contributed by atoms with Crippen molar-refractivity contribution in [2.45, 2.75) is 24.8 Å². The van der Waals surface area contributed by atoms with Crippen LogP contribution < -0.4 is 10.0 Å². The summed E-state index contributed by atoms with van der Waals surface area (Å²) >= 11 is 0. The van der Waals surface area contributed by atoms with Crippen molar-refractivity contribution in [3.8, 4) is 0 Å². The summed E-state index contributed by atoms with van der Waals surface area (Å²) in [6, 6.07) is 11.9. The molecule has 0 atom stereocenters. The molecule has 0 radical (unpaired) electrons. The Balaban J connectivity index is 2.14. The van der Waals surface area contributed by atoms with Crippen molar-refractivity contribution in [3.05, 3.63) is 48.7 Å². The summed E-state index contributed by atoms with van der Waals surface area (Å²) in [5, 5.41) is 3.14. The number of aromatic nitrogens is 1. The van der Waals surface area contributed by atoms with Crippen LogP contribution in [0.5, 0.6) is 0 Å². The second kappa shape index (κ2) is 5.92. The predicted molar refractivity (Wildman–Crippen MR) is 80.2 cm³/mol. The van der Waals surface area contributed by atoms with Gasteiger partial charge in [-0.05, 0) is 38.1 Å². The first-order valence-electron chi connectivity index (χ1n) is 6.28. The van der Waals surface area contributed by atoms with Gasteiger partial charge in [0.1, 0.15) is 5.82 Å². The van der Waals surface area contributed by atoms with Crippen LogP contribution in [0.1, 0.15) is 13.8 Å². The van der Waals surface area contributed by atoms with E-state index in [9.17, 15) is 8.42 Å². The fourth-order valence-electron chi connectivity index (χ4n) is 1.65. The lowest BCUT2D eigenvalue weighted by Gasteiger charge is -2.10. The van der Waals surface area contributed by atoms with E-state index in [4.69, 9.17) is 0 Å². The third-order valence-corrected chi connectivity index (χ3v) is 3.90. The van der Waals surface area contributed by atoms with Gasteiger partial charge in [-0.3, -0.25) is 4.72 Å². The molecule has 1 heterocycles. The molecule has 0 fully saturated rings. The number of nitrogens with one attached hydrogen (secondary N) is 2. The van der Waals surface area contributed by atoms with Crippen molar-refractivity contribution in [2.75, 3.05) is 10.0 Å². The summed E-state index contributed by atoms with van der Waals surface area (Å²) in [4.78, 5) is 4.38. The van der Waals surface area contributed by atoms with Crippen LogP contribution in [-0.4, -0.2) is 19.4 Å². The molecular formula is C14H17N3O2S. The van der Waals surface area contributed by atoms with Crippen LogP contribution in [0.4, 0.5) is 11.5 Å². The molecule has 1 aromatic carbocycles. The van der Waals surface area contributed by atoms with Gasteiger partial charge in [0.2, 0.25) is 0 Å². The lowest BCUT2D eigenvalue weighted by atomic mass is 10.3. The van der Waals surface area contributed by atoms with Crippen LogP contribution in [0, 0.1) is 0 Å². The average Bonchev–Trinajstić information content (AvgIpc) is 2.41. The maximum Gasteiger partial charge on any atom is 0.261 e. The number of hydrogen-bond donors (Lipinski definition) is 2. The normalized spacial score (nSPS) is 11.3. The van der Waals surface area contributed by atoms with E-state index < -0.39 is 10.0 Å². The van der Waals surface area contributed by atoms with Crippen molar-refractivity contribution in [3.63, 3.8) is 0 Å². The Kier molecular flexibility index (Phi) is 4.24. The Morgan fingerprint density at radius 2 is 1.75 bits per heavy atom. The third kappa shape index (κ3) is 3.71. The zero-order valence-corrected chi connectivity index (χ0v) is 12.2. The van der Waals surface area contributed by atoms with Crippen molar-refractivity contribution in [1.29, 1.82) is 0 Å². The molecular weight excluding hydrogens is 274 g/mol. The van der Waals surface area contributed by atoms with Gasteiger partial charge in [0.25, 0.3) is 10.0 Å². The Labute approximate surface area is 119 Å². The minimum atomic E-state index is -3.56. The SMILES string of the molecule is CC(C)Nc1ccc(NS(=O)(=O)c2ccccc2)cn1. The van der Waals surface area contributed by atoms with E-state index in [1.165, 1.54) is 6.20 Å². The first kappa shape index (κ1) is 14.3. The highest BCUT2D eigenvalue weighted by atomic mass is 32.2. The smallest absolute Gasteiger partial charge is 0.261 e. The summed E-state index contributed by atoms with van der Waals surface area (Å²) in [6.45, 7) is 4.02. The number of sulfonamides is 1. The third-order valence-electron chi connectivity index (χ3n) is 2.51. The number of rotatable bonds is 5. The lowest BCUT2D eigenvalue weighted by Crippen LogP contribution is -2.14. The number of anilines is 2. The molecule has 0 bridgehead atoms. The minimum absolute atomic E-state index is 0.226. The van der Waals surface area contributed by atoms with Gasteiger partial charge < -0.3 is 5.32 Å². The van der Waals surface area contributed by atoms with E-state index in [1.54, 1.807) is 42.5 Å². The predicted octanol–water partition coefficient (Wildman–Crippen LogP) is 2.70. The molecule has 106 valence electrons. The average molecular weight is 291 g/mol. The number of benzene rings is 1. The van der Waals surface area contributed by atoms with E-state index in [2.05, 4.69) is 15.0 Å². The highest BCUT2D eigenvalue weighted by molar-refractivity contribution is 7.92. The monoisotopic (exact) mass is 291 g/mol. The molecule has 2 N–H and O–H groups in total. The van der Waals surface area contributed by atoms with E-state index >= 15 is 0 Å². The van der Waals surface area contributed by atoms with Crippen molar-refractivity contribution >= 4 is 21.5 Å². The van der Waals surface area contributed by atoms with Crippen LogP contribution in [0.15, 0.2) is 53.6 Å². The fourth-order valence-corrected chi connectivity index (χ4v) is 2.71. The molecule has 0 aliphatic rings. The molecule has 5 nitrogen and oxygen atoms in total. The first-order chi connectivity index (χ1) is 9.47. The van der Waals surface area contributed by atoms with E-state index in [0.717, 1.165) is 0 Å². The number of nitrogens with zero attached hydrogens (tertiary/aromatic N) is 1. The fraction of sp³-hybridized carbons (Fsp3) is 0.214. The van der Waals surface area contributed by atoms with Crippen molar-refractivity contribution in [1.82, 2.24) is 4.98 Å². The molecule has 0 unspecified atom stereocenters. The summed E-state index contributed by atoms with van der Waals surface area (Å²) in [6.07, 6.45) is 1.49. The molecule has 6 heteroatoms. The van der Waals surface area contributed by atoms with E-state index in [-0.39, 0.29) is 10.9 Å². The summed E-state index contributed by atoms with van der Waals surface area (Å²) in [5.41, 5.74) is 0.433. The highest BCUT2D eigenvalue weighted by Gasteiger charge is 2.13. The molecule has 0 amide bonds. The van der Waals surface area contributed by atoms with Gasteiger partial charge in [-0.15, -0.1) is 0 Å². The quantitative estimate of drug-likeness (QED) is 0.888. The maximum absolute atomic E-state index is 12.1. The minimum Gasteiger partial charge on any atom is -0.368 e. The zero-order valence-electron chi connectivity index (χ0n) is 11.4. The van der Waals surface area contributed by atoms with Crippen LogP contribution in [-0.2, 0) is 10.0 Å². The molecule has 1 aromatic heterocycles. The molecule has 2 rings (SSSR count). The van der Waals surface area contributed by atoms with Crippen LogP contribution >= 0.6 is 0 Å². The number of pyridine rings is 1. The van der Waals surface area contributed by atoms with Crippen molar-refractivity contribution in [2.24, 2.45) is 0 Å². The second-order valence-electron chi connectivity index (χ2n) is 4.65. The Bertz CT molecular complexity index is 653. The van der Waals surface area contributed by atoms with Gasteiger partial charge in [0.05, 0.1) is 16.8 Å². The van der Waals surface area contributed by atoms with Gasteiger partial charge >= 0.3 is 0 Å². The molecule has 0 spiro atoms. The highest BCUT2D eigenvalue weighted by Crippen LogP contribution is 2.16. The van der Waals surface area contributed by atoms with Crippen molar-refractivity contribution < 1.29 is 8.42 Å². The van der Waals surface area contributed by atoms with Gasteiger partial charge in [-0.1, -0.05) is 18.2 Å². The van der Waals surface area contributed by atoms with Gasteiger partial charge in [0.15, 0.2) is 0 Å². The maximum atomic E-state index is 12.1. The van der Waals surface area contributed by atoms with Crippen LogP contribution in [0.3, 0.4) is 0 Å². The van der Waals surface area contributed by atoms with Gasteiger partial charge in [-0.2, -0.15) is 0 Å². The topological polar surface area (TPSA) is 71.1 Å². The Morgan fingerprint density at radius 3 is 2.30 bits per heavy atom. The standard InChI is InChI=1S/C14H17N3O2S/c1-11(2)16-14-9-8-12(10-15-14)17-20(18,19)13-6-4-3-5-7-13/h3-11,17H,1-2H3,(H,15,16). The Morgan fingerprint density at radius 1 is 1.05 bits per heavy atom. The summed E-state index contributed by atoms with van der Waals surface area (Å²) in [7, 11) is -3.56. The molecule has 20 heavy (non-hydrogen) atoms. The Hall–Kier alpha value is -2.08. The molecule has 0 saturated heterocycles. The van der Waals surface area contributed by atoms with E-state index in [0.29, 0.717) is 11.5 Å². The summed E-state index contributed by atoms with van der Waals surface area (Å²) < 4.78 is 26.7. The van der Waals surface area contributed by atoms with Crippen LogP contribution in [0.2, 0.25) is 0 Å².